The molecule has 120 valence electrons. The van der Waals surface area contributed by atoms with Crippen molar-refractivity contribution in [1.82, 2.24) is 5.32 Å². The lowest BCUT2D eigenvalue weighted by Crippen LogP contribution is -2.17. The molecule has 1 aromatic rings. The molecule has 1 N–H and O–H groups in total. The van der Waals surface area contributed by atoms with Crippen LogP contribution in [0.4, 0.5) is 8.78 Å². The fourth-order valence-corrected chi connectivity index (χ4v) is 2.70. The minimum Gasteiger partial charge on any atom is -0.312 e. The van der Waals surface area contributed by atoms with E-state index in [4.69, 9.17) is 0 Å². The van der Waals surface area contributed by atoms with Gasteiger partial charge in [0.2, 0.25) is 0 Å². The van der Waals surface area contributed by atoms with E-state index in [1.54, 1.807) is 0 Å². The minimum absolute atomic E-state index is 0.115. The molecule has 1 aromatic carbocycles. The molecule has 0 saturated heterocycles. The van der Waals surface area contributed by atoms with Crippen LogP contribution < -0.4 is 5.32 Å². The van der Waals surface area contributed by atoms with Crippen molar-refractivity contribution < 1.29 is 8.78 Å². The van der Waals surface area contributed by atoms with Crippen molar-refractivity contribution in [3.8, 4) is 0 Å². The molecule has 1 nitrogen and oxygen atoms in total. The molecular weight excluding hydrogens is 336 g/mol. The van der Waals surface area contributed by atoms with E-state index in [0.717, 1.165) is 13.0 Å². The van der Waals surface area contributed by atoms with Gasteiger partial charge in [0.1, 0.15) is 11.6 Å². The van der Waals surface area contributed by atoms with Crippen molar-refractivity contribution in [3.05, 3.63) is 33.8 Å². The second kappa shape index (κ2) is 11.1. The first-order valence-corrected chi connectivity index (χ1v) is 8.79. The molecule has 0 aliphatic rings. The summed E-state index contributed by atoms with van der Waals surface area (Å²) >= 11 is 3.08. The van der Waals surface area contributed by atoms with Crippen molar-refractivity contribution in [2.24, 2.45) is 0 Å². The molecule has 0 heterocycles. The van der Waals surface area contributed by atoms with Crippen molar-refractivity contribution in [2.45, 2.75) is 64.8 Å². The van der Waals surface area contributed by atoms with E-state index in [2.05, 4.69) is 28.2 Å². The fraction of sp³-hybridized carbons (Fsp3) is 0.647. The van der Waals surface area contributed by atoms with E-state index in [-0.39, 0.29) is 12.1 Å². The van der Waals surface area contributed by atoms with Crippen LogP contribution in [0, 0.1) is 11.6 Å². The highest BCUT2D eigenvalue weighted by atomic mass is 79.9. The number of nitrogens with one attached hydrogen (secondary N) is 1. The molecule has 0 radical (unpaired) electrons. The van der Waals surface area contributed by atoms with Gasteiger partial charge in [0.25, 0.3) is 0 Å². The van der Waals surface area contributed by atoms with Crippen LogP contribution in [0.3, 0.4) is 0 Å². The first-order chi connectivity index (χ1) is 10.2. The summed E-state index contributed by atoms with van der Waals surface area (Å²) in [5.74, 6) is -0.988. The van der Waals surface area contributed by atoms with Crippen molar-refractivity contribution in [2.75, 3.05) is 6.54 Å². The van der Waals surface area contributed by atoms with Crippen molar-refractivity contribution in [1.29, 1.82) is 0 Å². The minimum atomic E-state index is -0.501. The van der Waals surface area contributed by atoms with Gasteiger partial charge in [-0.2, -0.15) is 0 Å². The fourth-order valence-electron chi connectivity index (χ4n) is 2.33. The highest BCUT2D eigenvalue weighted by Crippen LogP contribution is 2.21. The lowest BCUT2D eigenvalue weighted by Gasteiger charge is -2.08. The molecule has 0 atom stereocenters. The van der Waals surface area contributed by atoms with E-state index < -0.39 is 11.6 Å². The number of hydrogen-bond acceptors (Lipinski definition) is 1. The zero-order valence-corrected chi connectivity index (χ0v) is 14.4. The van der Waals surface area contributed by atoms with Crippen LogP contribution in [-0.2, 0) is 6.54 Å². The highest BCUT2D eigenvalue weighted by Gasteiger charge is 2.11. The Morgan fingerprint density at radius 1 is 0.952 bits per heavy atom. The molecule has 0 spiro atoms. The van der Waals surface area contributed by atoms with E-state index >= 15 is 0 Å². The summed E-state index contributed by atoms with van der Waals surface area (Å²) in [4.78, 5) is 0. The molecule has 0 saturated carbocycles. The van der Waals surface area contributed by atoms with Gasteiger partial charge in [0.15, 0.2) is 0 Å². The summed E-state index contributed by atoms with van der Waals surface area (Å²) in [6, 6.07) is 2.69. The Morgan fingerprint density at radius 3 is 2.24 bits per heavy atom. The molecule has 0 amide bonds. The molecule has 0 bridgehead atoms. The van der Waals surface area contributed by atoms with Crippen LogP contribution >= 0.6 is 15.9 Å². The van der Waals surface area contributed by atoms with Crippen LogP contribution in [0.25, 0.3) is 0 Å². The highest BCUT2D eigenvalue weighted by molar-refractivity contribution is 9.10. The Hall–Kier alpha value is -0.480. The zero-order valence-electron chi connectivity index (χ0n) is 12.9. The monoisotopic (exact) mass is 361 g/mol. The predicted octanol–water partition coefficient (Wildman–Crippen LogP) is 5.96. The van der Waals surface area contributed by atoms with E-state index in [9.17, 15) is 8.78 Å². The number of unbranched alkanes of at least 4 members (excludes halogenated alkanes) is 7. The van der Waals surface area contributed by atoms with Crippen LogP contribution in [0.5, 0.6) is 0 Å². The second-order valence-electron chi connectivity index (χ2n) is 5.47. The number of benzene rings is 1. The molecule has 1 rings (SSSR count). The Bertz CT molecular complexity index is 410. The first-order valence-electron chi connectivity index (χ1n) is 8.00. The van der Waals surface area contributed by atoms with E-state index in [0.29, 0.717) is 4.47 Å². The first kappa shape index (κ1) is 18.6. The SMILES string of the molecule is CCCCCCCCCCNCc1c(F)ccc(Br)c1F. The van der Waals surface area contributed by atoms with Gasteiger partial charge >= 0.3 is 0 Å². The molecule has 0 aliphatic heterocycles. The third kappa shape index (κ3) is 7.37. The smallest absolute Gasteiger partial charge is 0.144 e. The summed E-state index contributed by atoms with van der Waals surface area (Å²) < 4.78 is 27.5. The predicted molar refractivity (Wildman–Crippen MR) is 88.4 cm³/mol. The Labute approximate surface area is 135 Å². The van der Waals surface area contributed by atoms with Crippen molar-refractivity contribution >= 4 is 15.9 Å². The standard InChI is InChI=1S/C17H26BrF2N/c1-2-3-4-5-6-7-8-9-12-21-13-14-16(19)11-10-15(18)17(14)20/h10-11,21H,2-9,12-13H2,1H3. The lowest BCUT2D eigenvalue weighted by atomic mass is 10.1. The third-order valence-corrected chi connectivity index (χ3v) is 4.26. The summed E-state index contributed by atoms with van der Waals surface area (Å²) in [7, 11) is 0. The van der Waals surface area contributed by atoms with Crippen LogP contribution in [0.1, 0.15) is 63.9 Å². The maximum Gasteiger partial charge on any atom is 0.144 e. The van der Waals surface area contributed by atoms with Gasteiger partial charge in [0, 0.05) is 12.1 Å². The number of halogens is 3. The molecule has 0 fully saturated rings. The van der Waals surface area contributed by atoms with Crippen LogP contribution in [-0.4, -0.2) is 6.54 Å². The van der Waals surface area contributed by atoms with E-state index in [1.807, 2.05) is 0 Å². The Morgan fingerprint density at radius 2 is 1.57 bits per heavy atom. The molecule has 4 heteroatoms. The van der Waals surface area contributed by atoms with Gasteiger partial charge in [-0.1, -0.05) is 51.9 Å². The zero-order chi connectivity index (χ0) is 15.5. The maximum atomic E-state index is 13.7. The summed E-state index contributed by atoms with van der Waals surface area (Å²) in [5, 5.41) is 3.12. The van der Waals surface area contributed by atoms with Gasteiger partial charge in [-0.05, 0) is 41.0 Å². The second-order valence-corrected chi connectivity index (χ2v) is 6.33. The lowest BCUT2D eigenvalue weighted by molar-refractivity contribution is 0.519. The maximum absolute atomic E-state index is 13.7. The quantitative estimate of drug-likeness (QED) is 0.378. The number of hydrogen-bond donors (Lipinski definition) is 1. The Balaban J connectivity index is 2.08. The average Bonchev–Trinajstić information content (AvgIpc) is 2.48. The number of rotatable bonds is 11. The van der Waals surface area contributed by atoms with Gasteiger partial charge in [-0.3, -0.25) is 0 Å². The van der Waals surface area contributed by atoms with E-state index in [1.165, 1.54) is 57.1 Å². The molecule has 0 aromatic heterocycles. The average molecular weight is 362 g/mol. The summed E-state index contributed by atoms with van der Waals surface area (Å²) in [5.41, 5.74) is 0.115. The Kier molecular flexibility index (Phi) is 9.85. The van der Waals surface area contributed by atoms with Crippen molar-refractivity contribution in [3.63, 3.8) is 0 Å². The topological polar surface area (TPSA) is 12.0 Å². The summed E-state index contributed by atoms with van der Waals surface area (Å²) in [6.45, 7) is 3.27. The van der Waals surface area contributed by atoms with Gasteiger partial charge in [-0.15, -0.1) is 0 Å². The third-order valence-electron chi connectivity index (χ3n) is 3.65. The van der Waals surface area contributed by atoms with Crippen LogP contribution in [0.15, 0.2) is 16.6 Å². The molecule has 0 unspecified atom stereocenters. The van der Waals surface area contributed by atoms with Crippen LogP contribution in [0.2, 0.25) is 0 Å². The summed E-state index contributed by atoms with van der Waals surface area (Å²) in [6.07, 6.45) is 10.1. The molecule has 0 aliphatic carbocycles. The normalized spacial score (nSPS) is 11.0. The van der Waals surface area contributed by atoms with Gasteiger partial charge < -0.3 is 5.32 Å². The van der Waals surface area contributed by atoms with Gasteiger partial charge in [-0.25, -0.2) is 8.78 Å². The largest absolute Gasteiger partial charge is 0.312 e. The molecular formula is C17H26BrF2N. The van der Waals surface area contributed by atoms with Gasteiger partial charge in [0.05, 0.1) is 4.47 Å². The molecule has 21 heavy (non-hydrogen) atoms.